The lowest BCUT2D eigenvalue weighted by Crippen LogP contribution is -2.66. The van der Waals surface area contributed by atoms with Crippen molar-refractivity contribution in [3.05, 3.63) is 0 Å². The highest BCUT2D eigenvalue weighted by atomic mass is 16.3. The summed E-state index contributed by atoms with van der Waals surface area (Å²) in [5, 5.41) is 65.6. The monoisotopic (exact) mass is 482 g/mol. The molecule has 196 valence electrons. The van der Waals surface area contributed by atoms with Gasteiger partial charge in [-0.25, -0.2) is 0 Å². The fourth-order valence-corrected chi connectivity index (χ4v) is 8.98. The first kappa shape index (κ1) is 26.5. The number of ketones is 1. The molecule has 0 aromatic carbocycles. The maximum Gasteiger partial charge on any atom is 0.137 e. The number of aliphatic hydroxyl groups is 6. The van der Waals surface area contributed by atoms with Crippen LogP contribution in [-0.4, -0.2) is 71.5 Å². The van der Waals surface area contributed by atoms with Crippen LogP contribution in [0.4, 0.5) is 0 Å². The van der Waals surface area contributed by atoms with Gasteiger partial charge in [0, 0.05) is 17.8 Å². The number of carbonyl (C=O) groups excluding carboxylic acids is 1. The predicted molar refractivity (Wildman–Crippen MR) is 127 cm³/mol. The molecule has 11 atom stereocenters. The van der Waals surface area contributed by atoms with Gasteiger partial charge < -0.3 is 30.6 Å². The van der Waals surface area contributed by atoms with E-state index >= 15 is 0 Å². The molecule has 7 heteroatoms. The van der Waals surface area contributed by atoms with Gasteiger partial charge in [-0.3, -0.25) is 4.79 Å². The molecule has 4 rings (SSSR count). The van der Waals surface area contributed by atoms with Crippen LogP contribution in [-0.2, 0) is 4.79 Å². The molecule has 0 bridgehead atoms. The first-order valence-corrected chi connectivity index (χ1v) is 13.2. The molecule has 4 aliphatic rings. The Bertz CT molecular complexity index is 805. The van der Waals surface area contributed by atoms with Gasteiger partial charge in [0.1, 0.15) is 5.78 Å². The second kappa shape index (κ2) is 8.22. The smallest absolute Gasteiger partial charge is 0.137 e. The fourth-order valence-electron chi connectivity index (χ4n) is 8.98. The van der Waals surface area contributed by atoms with Gasteiger partial charge in [0.15, 0.2) is 0 Å². The summed E-state index contributed by atoms with van der Waals surface area (Å²) in [4.78, 5) is 13.3. The van der Waals surface area contributed by atoms with Crippen molar-refractivity contribution in [3.63, 3.8) is 0 Å². The Morgan fingerprint density at radius 2 is 1.68 bits per heavy atom. The minimum atomic E-state index is -1.44. The molecular weight excluding hydrogens is 436 g/mol. The third-order valence-corrected chi connectivity index (χ3v) is 11.1. The number of carbonyl (C=O) groups is 1. The van der Waals surface area contributed by atoms with Gasteiger partial charge in [0.05, 0.1) is 35.1 Å². The van der Waals surface area contributed by atoms with E-state index in [1.54, 1.807) is 20.8 Å². The number of Topliss-reactive ketones (excluding diaryl/α,β-unsaturated/α-hetero) is 1. The molecule has 0 heterocycles. The number of hydrogen-bond acceptors (Lipinski definition) is 7. The molecule has 4 fully saturated rings. The summed E-state index contributed by atoms with van der Waals surface area (Å²) in [6.07, 6.45) is 1.18. The lowest BCUT2D eigenvalue weighted by Gasteiger charge is -2.64. The Morgan fingerprint density at radius 1 is 1.03 bits per heavy atom. The van der Waals surface area contributed by atoms with Crippen molar-refractivity contribution in [1.29, 1.82) is 0 Å². The summed E-state index contributed by atoms with van der Waals surface area (Å²) >= 11 is 0. The molecule has 0 aromatic rings. The van der Waals surface area contributed by atoms with Gasteiger partial charge in [-0.1, -0.05) is 13.8 Å². The molecule has 0 amide bonds. The fraction of sp³-hybridized carbons (Fsp3) is 0.963. The third-order valence-electron chi connectivity index (χ3n) is 11.1. The average Bonchev–Trinajstić information content (AvgIpc) is 3.00. The van der Waals surface area contributed by atoms with Crippen LogP contribution in [0.15, 0.2) is 0 Å². The highest BCUT2D eigenvalue weighted by molar-refractivity contribution is 5.83. The van der Waals surface area contributed by atoms with Crippen LogP contribution < -0.4 is 0 Å². The zero-order chi connectivity index (χ0) is 25.5. The van der Waals surface area contributed by atoms with E-state index in [1.165, 1.54) is 0 Å². The van der Waals surface area contributed by atoms with Crippen LogP contribution >= 0.6 is 0 Å². The number of hydrogen-bond donors (Lipinski definition) is 6. The minimum Gasteiger partial charge on any atom is -0.390 e. The summed E-state index contributed by atoms with van der Waals surface area (Å²) in [5.41, 5.74) is -4.66. The Hall–Kier alpha value is -0.570. The maximum absolute atomic E-state index is 13.3. The maximum atomic E-state index is 13.3. The lowest BCUT2D eigenvalue weighted by molar-refractivity contribution is -0.232. The number of fused-ring (bicyclic) bond motifs is 5. The van der Waals surface area contributed by atoms with Gasteiger partial charge >= 0.3 is 0 Å². The summed E-state index contributed by atoms with van der Waals surface area (Å²) in [6, 6.07) is 0. The van der Waals surface area contributed by atoms with Crippen molar-refractivity contribution in [1.82, 2.24) is 0 Å². The normalized spacial score (nSPS) is 49.6. The van der Waals surface area contributed by atoms with E-state index in [1.807, 2.05) is 6.92 Å². The van der Waals surface area contributed by atoms with Crippen LogP contribution in [0, 0.1) is 34.5 Å². The first-order valence-electron chi connectivity index (χ1n) is 13.2. The lowest BCUT2D eigenvalue weighted by atomic mass is 9.42. The van der Waals surface area contributed by atoms with E-state index in [4.69, 9.17) is 0 Å². The second-order valence-corrected chi connectivity index (χ2v) is 13.6. The van der Waals surface area contributed by atoms with E-state index in [0.29, 0.717) is 32.1 Å². The molecule has 0 spiro atoms. The molecule has 2 unspecified atom stereocenters. The Kier molecular flexibility index (Phi) is 6.40. The molecule has 7 nitrogen and oxygen atoms in total. The zero-order valence-electron chi connectivity index (χ0n) is 21.5. The SMILES string of the molecule is CC(C)(O)CC[C@@H](O)[C@](C)(O)C1CC[C@@]2(O)[C@@H]3CC(=O)[C@@H]4CC(O)[C@@H](O)C[C@]4(C)[C@H]3CC[C@]12C. The highest BCUT2D eigenvalue weighted by Crippen LogP contribution is 2.69. The molecule has 4 aliphatic carbocycles. The predicted octanol–water partition coefficient (Wildman–Crippen LogP) is 1.93. The van der Waals surface area contributed by atoms with Crippen molar-refractivity contribution >= 4 is 5.78 Å². The molecular formula is C27H46O7. The molecule has 0 aromatic heterocycles. The zero-order valence-corrected chi connectivity index (χ0v) is 21.5. The molecule has 0 aliphatic heterocycles. The van der Waals surface area contributed by atoms with Crippen LogP contribution in [0.25, 0.3) is 0 Å². The minimum absolute atomic E-state index is 0.0548. The van der Waals surface area contributed by atoms with Crippen LogP contribution in [0.2, 0.25) is 0 Å². The van der Waals surface area contributed by atoms with Gasteiger partial charge in [-0.15, -0.1) is 0 Å². The van der Waals surface area contributed by atoms with E-state index < -0.39 is 45.9 Å². The van der Waals surface area contributed by atoms with Gasteiger partial charge in [0.25, 0.3) is 0 Å². The van der Waals surface area contributed by atoms with Crippen molar-refractivity contribution < 1.29 is 35.4 Å². The van der Waals surface area contributed by atoms with E-state index in [9.17, 15) is 35.4 Å². The Morgan fingerprint density at radius 3 is 2.29 bits per heavy atom. The van der Waals surface area contributed by atoms with Crippen molar-refractivity contribution in [2.24, 2.45) is 34.5 Å². The largest absolute Gasteiger partial charge is 0.390 e. The number of aliphatic hydroxyl groups excluding tert-OH is 3. The highest BCUT2D eigenvalue weighted by Gasteiger charge is 2.71. The van der Waals surface area contributed by atoms with Crippen LogP contribution in [0.5, 0.6) is 0 Å². The van der Waals surface area contributed by atoms with Crippen molar-refractivity contribution in [2.75, 3.05) is 0 Å². The van der Waals surface area contributed by atoms with E-state index in [-0.39, 0.29) is 48.7 Å². The third kappa shape index (κ3) is 3.81. The van der Waals surface area contributed by atoms with E-state index in [2.05, 4.69) is 6.92 Å². The molecule has 0 radical (unpaired) electrons. The Balaban J connectivity index is 1.62. The number of rotatable bonds is 5. The molecule has 34 heavy (non-hydrogen) atoms. The van der Waals surface area contributed by atoms with Gasteiger partial charge in [-0.05, 0) is 95.3 Å². The second-order valence-electron chi connectivity index (χ2n) is 13.6. The van der Waals surface area contributed by atoms with Crippen LogP contribution in [0.1, 0.15) is 92.4 Å². The molecule has 0 saturated heterocycles. The van der Waals surface area contributed by atoms with Crippen LogP contribution in [0.3, 0.4) is 0 Å². The van der Waals surface area contributed by atoms with E-state index in [0.717, 1.165) is 6.42 Å². The summed E-state index contributed by atoms with van der Waals surface area (Å²) in [5.74, 6) is -0.796. The summed E-state index contributed by atoms with van der Waals surface area (Å²) < 4.78 is 0. The van der Waals surface area contributed by atoms with Gasteiger partial charge in [-0.2, -0.15) is 0 Å². The van der Waals surface area contributed by atoms with Crippen molar-refractivity contribution in [3.8, 4) is 0 Å². The van der Waals surface area contributed by atoms with Gasteiger partial charge in [0.2, 0.25) is 0 Å². The summed E-state index contributed by atoms with van der Waals surface area (Å²) in [6.45, 7) is 9.08. The quantitative estimate of drug-likeness (QED) is 0.352. The van der Waals surface area contributed by atoms with Crippen molar-refractivity contribution in [2.45, 2.75) is 128 Å². The molecule has 4 saturated carbocycles. The molecule has 6 N–H and O–H groups in total. The topological polar surface area (TPSA) is 138 Å². The standard InChI is InChI=1S/C27H46O7/c1-23(2,32)9-8-22(31)26(5,33)21-7-11-27(34)16-12-18(28)17-13-19(29)20(30)14-24(17,3)15(16)6-10-25(21,27)4/h15-17,19-22,29-34H,6-14H2,1-5H3/t15-,16+,17-,19?,20-,21?,22+,24+,25+,26+,27+/m0/s1. The Labute approximate surface area is 203 Å². The summed E-state index contributed by atoms with van der Waals surface area (Å²) in [7, 11) is 0. The average molecular weight is 483 g/mol. The first-order chi connectivity index (χ1) is 15.5.